The molecular formula is C13H13F3N4O. The van der Waals surface area contributed by atoms with Gasteiger partial charge in [0.2, 0.25) is 5.95 Å². The van der Waals surface area contributed by atoms with E-state index in [1.165, 1.54) is 12.1 Å². The molecule has 0 bridgehead atoms. The number of nitrogen functional groups attached to an aromatic ring is 1. The van der Waals surface area contributed by atoms with E-state index in [0.717, 1.165) is 12.1 Å². The number of alkyl halides is 3. The third-order valence-electron chi connectivity index (χ3n) is 2.44. The van der Waals surface area contributed by atoms with E-state index < -0.39 is 11.7 Å². The second kappa shape index (κ2) is 5.55. The van der Waals surface area contributed by atoms with E-state index >= 15 is 0 Å². The molecule has 8 heteroatoms. The number of hydrogen-bond donors (Lipinski definition) is 1. The molecule has 0 saturated carbocycles. The number of hydrogen-bond acceptors (Lipinski definition) is 5. The van der Waals surface area contributed by atoms with Gasteiger partial charge in [-0.2, -0.15) is 28.1 Å². The molecule has 1 aromatic carbocycles. The molecule has 0 unspecified atom stereocenters. The van der Waals surface area contributed by atoms with Crippen molar-refractivity contribution < 1.29 is 17.9 Å². The third kappa shape index (κ3) is 3.80. The summed E-state index contributed by atoms with van der Waals surface area (Å²) in [6, 6.07) is 4.50. The maximum atomic E-state index is 12.5. The fourth-order valence-electron chi connectivity index (χ4n) is 1.57. The van der Waals surface area contributed by atoms with Crippen LogP contribution in [0.1, 0.15) is 19.4 Å². The Bertz CT molecular complexity index is 626. The van der Waals surface area contributed by atoms with E-state index in [2.05, 4.69) is 15.0 Å². The van der Waals surface area contributed by atoms with Crippen LogP contribution in [0.15, 0.2) is 24.3 Å². The topological polar surface area (TPSA) is 73.9 Å². The van der Waals surface area contributed by atoms with Gasteiger partial charge < -0.3 is 10.5 Å². The molecule has 0 radical (unpaired) electrons. The maximum absolute atomic E-state index is 12.5. The number of aromatic nitrogens is 3. The van der Waals surface area contributed by atoms with Gasteiger partial charge >= 0.3 is 12.2 Å². The molecule has 0 aliphatic heterocycles. The second-order valence-electron chi connectivity index (χ2n) is 4.54. The lowest BCUT2D eigenvalue weighted by Gasteiger charge is -2.10. The first-order valence-electron chi connectivity index (χ1n) is 6.11. The van der Waals surface area contributed by atoms with E-state index in [4.69, 9.17) is 10.5 Å². The van der Waals surface area contributed by atoms with Crippen molar-refractivity contribution in [3.05, 3.63) is 29.8 Å². The van der Waals surface area contributed by atoms with Gasteiger partial charge in [-0.3, -0.25) is 0 Å². The number of benzene rings is 1. The zero-order valence-electron chi connectivity index (χ0n) is 11.3. The summed E-state index contributed by atoms with van der Waals surface area (Å²) in [7, 11) is 0. The summed E-state index contributed by atoms with van der Waals surface area (Å²) in [6.07, 6.45) is -4.55. The standard InChI is InChI=1S/C13H13F3N4O/c1-7(2)21-12-19-10(18-11(17)20-12)8-3-5-9(6-4-8)13(14,15)16/h3-7H,1-2H3,(H2,17,18,19,20). The van der Waals surface area contributed by atoms with Gasteiger partial charge in [0.05, 0.1) is 11.7 Å². The molecule has 0 saturated heterocycles. The van der Waals surface area contributed by atoms with Crippen molar-refractivity contribution in [1.29, 1.82) is 0 Å². The molecule has 112 valence electrons. The Kier molecular flexibility index (Phi) is 3.97. The highest BCUT2D eigenvalue weighted by atomic mass is 19.4. The van der Waals surface area contributed by atoms with Crippen molar-refractivity contribution in [2.75, 3.05) is 5.73 Å². The molecule has 0 amide bonds. The van der Waals surface area contributed by atoms with E-state index in [-0.39, 0.29) is 23.9 Å². The lowest BCUT2D eigenvalue weighted by molar-refractivity contribution is -0.137. The van der Waals surface area contributed by atoms with Crippen LogP contribution in [0.25, 0.3) is 11.4 Å². The number of anilines is 1. The first-order chi connectivity index (χ1) is 9.75. The number of ether oxygens (including phenoxy) is 1. The number of nitrogens with two attached hydrogens (primary N) is 1. The molecule has 2 N–H and O–H groups in total. The number of halogens is 3. The molecule has 1 aromatic heterocycles. The van der Waals surface area contributed by atoms with E-state index in [1.54, 1.807) is 13.8 Å². The second-order valence-corrected chi connectivity index (χ2v) is 4.54. The predicted molar refractivity (Wildman–Crippen MR) is 70.4 cm³/mol. The zero-order valence-corrected chi connectivity index (χ0v) is 11.3. The molecule has 5 nitrogen and oxygen atoms in total. The summed E-state index contributed by atoms with van der Waals surface area (Å²) < 4.78 is 42.9. The predicted octanol–water partition coefficient (Wildman–Crippen LogP) is 2.93. The van der Waals surface area contributed by atoms with E-state index in [9.17, 15) is 13.2 Å². The minimum absolute atomic E-state index is 0.0346. The van der Waals surface area contributed by atoms with Crippen LogP contribution in [-0.4, -0.2) is 21.1 Å². The molecular weight excluding hydrogens is 285 g/mol. The van der Waals surface area contributed by atoms with Crippen molar-refractivity contribution in [1.82, 2.24) is 15.0 Å². The average molecular weight is 298 g/mol. The normalized spacial score (nSPS) is 11.7. The Morgan fingerprint density at radius 2 is 1.67 bits per heavy atom. The molecule has 2 aromatic rings. The molecule has 0 atom stereocenters. The Hall–Kier alpha value is -2.38. The van der Waals surface area contributed by atoms with Crippen LogP contribution in [0.5, 0.6) is 6.01 Å². The van der Waals surface area contributed by atoms with Crippen molar-refractivity contribution >= 4 is 5.95 Å². The quantitative estimate of drug-likeness (QED) is 0.943. The SMILES string of the molecule is CC(C)Oc1nc(N)nc(-c2ccc(C(F)(F)F)cc2)n1. The van der Waals surface area contributed by atoms with E-state index in [0.29, 0.717) is 5.56 Å². The Labute approximate surface area is 119 Å². The van der Waals surface area contributed by atoms with Crippen LogP contribution in [0.3, 0.4) is 0 Å². The van der Waals surface area contributed by atoms with Crippen molar-refractivity contribution in [2.24, 2.45) is 0 Å². The fraction of sp³-hybridized carbons (Fsp3) is 0.308. The number of nitrogens with zero attached hydrogens (tertiary/aromatic N) is 3. The van der Waals surface area contributed by atoms with Crippen molar-refractivity contribution in [2.45, 2.75) is 26.1 Å². The molecule has 21 heavy (non-hydrogen) atoms. The summed E-state index contributed by atoms with van der Waals surface area (Å²) >= 11 is 0. The lowest BCUT2D eigenvalue weighted by Crippen LogP contribution is -2.11. The first-order valence-corrected chi connectivity index (χ1v) is 6.11. The van der Waals surface area contributed by atoms with Crippen LogP contribution < -0.4 is 10.5 Å². The summed E-state index contributed by atoms with van der Waals surface area (Å²) in [5.41, 5.74) is 5.20. The van der Waals surface area contributed by atoms with Gasteiger partial charge in [-0.05, 0) is 26.0 Å². The summed E-state index contributed by atoms with van der Waals surface area (Å²) in [5, 5.41) is 0. The number of rotatable bonds is 3. The molecule has 0 aliphatic carbocycles. The zero-order chi connectivity index (χ0) is 15.6. The highest BCUT2D eigenvalue weighted by Gasteiger charge is 2.30. The smallest absolute Gasteiger partial charge is 0.416 e. The largest absolute Gasteiger partial charge is 0.461 e. The van der Waals surface area contributed by atoms with Gasteiger partial charge in [0, 0.05) is 5.56 Å². The summed E-state index contributed by atoms with van der Waals surface area (Å²) in [5.74, 6) is 0.0995. The minimum atomic E-state index is -4.39. The monoisotopic (exact) mass is 298 g/mol. The van der Waals surface area contributed by atoms with Gasteiger partial charge in [-0.1, -0.05) is 12.1 Å². The Balaban J connectivity index is 2.35. The molecule has 1 heterocycles. The Morgan fingerprint density at radius 1 is 1.05 bits per heavy atom. The Morgan fingerprint density at radius 3 is 2.19 bits per heavy atom. The van der Waals surface area contributed by atoms with Crippen LogP contribution in [-0.2, 0) is 6.18 Å². The van der Waals surface area contributed by atoms with Gasteiger partial charge in [-0.15, -0.1) is 0 Å². The maximum Gasteiger partial charge on any atom is 0.416 e. The van der Waals surface area contributed by atoms with Gasteiger partial charge in [0.15, 0.2) is 5.82 Å². The van der Waals surface area contributed by atoms with E-state index in [1.807, 2.05) is 0 Å². The fourth-order valence-corrected chi connectivity index (χ4v) is 1.57. The van der Waals surface area contributed by atoms with Crippen molar-refractivity contribution in [3.63, 3.8) is 0 Å². The van der Waals surface area contributed by atoms with Gasteiger partial charge in [-0.25, -0.2) is 0 Å². The minimum Gasteiger partial charge on any atom is -0.461 e. The highest BCUT2D eigenvalue weighted by Crippen LogP contribution is 2.30. The molecule has 0 spiro atoms. The lowest BCUT2D eigenvalue weighted by atomic mass is 10.1. The molecule has 2 rings (SSSR count). The van der Waals surface area contributed by atoms with Crippen LogP contribution in [0.2, 0.25) is 0 Å². The summed E-state index contributed by atoms with van der Waals surface area (Å²) in [4.78, 5) is 11.7. The van der Waals surface area contributed by atoms with Crippen LogP contribution in [0, 0.1) is 0 Å². The third-order valence-corrected chi connectivity index (χ3v) is 2.44. The van der Waals surface area contributed by atoms with Crippen LogP contribution >= 0.6 is 0 Å². The van der Waals surface area contributed by atoms with Gasteiger partial charge in [0.1, 0.15) is 0 Å². The average Bonchev–Trinajstić information content (AvgIpc) is 2.36. The first kappa shape index (κ1) is 15.0. The van der Waals surface area contributed by atoms with Gasteiger partial charge in [0.25, 0.3) is 0 Å². The van der Waals surface area contributed by atoms with Crippen LogP contribution in [0.4, 0.5) is 19.1 Å². The van der Waals surface area contributed by atoms with Crippen molar-refractivity contribution in [3.8, 4) is 17.4 Å². The molecule has 0 aliphatic rings. The molecule has 0 fully saturated rings. The highest BCUT2D eigenvalue weighted by molar-refractivity contribution is 5.56. The summed E-state index contributed by atoms with van der Waals surface area (Å²) in [6.45, 7) is 3.58.